The van der Waals surface area contributed by atoms with Crippen molar-refractivity contribution in [2.45, 2.75) is 18.9 Å². The van der Waals surface area contributed by atoms with Gasteiger partial charge >= 0.3 is 0 Å². The number of ether oxygens (including phenoxy) is 1. The summed E-state index contributed by atoms with van der Waals surface area (Å²) in [6, 6.07) is 21.4. The van der Waals surface area contributed by atoms with Crippen LogP contribution in [0.4, 0.5) is 5.69 Å². The number of nitrogen functional groups attached to an aromatic ring is 1. The molecule has 4 rings (SSSR count). The van der Waals surface area contributed by atoms with Gasteiger partial charge in [-0.15, -0.1) is 0 Å². The molecule has 0 bridgehead atoms. The Morgan fingerprint density at radius 2 is 1.74 bits per heavy atom. The number of rotatable bonds is 7. The maximum Gasteiger partial charge on any atom is 0.290 e. The number of carbonyl (C=O) groups is 3. The molecule has 1 aliphatic rings. The SMILES string of the molecule is N=C(N)c1ccc(NC(=O)C(C(=O)NCc2ccc3c(c2)CCO3)c2ccccc2)cc1.O=CO. The molecule has 0 aromatic heterocycles. The quantitative estimate of drug-likeness (QED) is 0.153. The molecule has 9 heteroatoms. The number of hydrogen-bond donors (Lipinski definition) is 5. The van der Waals surface area contributed by atoms with E-state index in [9.17, 15) is 9.59 Å². The number of carboxylic acid groups (broad SMARTS) is 1. The van der Waals surface area contributed by atoms with E-state index in [1.54, 1.807) is 48.5 Å². The van der Waals surface area contributed by atoms with Crippen LogP contribution in [-0.2, 0) is 27.3 Å². The molecule has 0 spiro atoms. The van der Waals surface area contributed by atoms with Gasteiger partial charge in [0.25, 0.3) is 6.47 Å². The highest BCUT2D eigenvalue weighted by molar-refractivity contribution is 6.11. The molecule has 0 radical (unpaired) electrons. The Kier molecular flexibility index (Phi) is 8.55. The number of nitrogens with one attached hydrogen (secondary N) is 3. The van der Waals surface area contributed by atoms with Crippen molar-refractivity contribution in [1.82, 2.24) is 5.32 Å². The van der Waals surface area contributed by atoms with Gasteiger partial charge in [-0.05, 0) is 47.0 Å². The summed E-state index contributed by atoms with van der Waals surface area (Å²) in [4.78, 5) is 34.5. The Balaban J connectivity index is 0.00000108. The fourth-order valence-electron chi connectivity index (χ4n) is 3.66. The van der Waals surface area contributed by atoms with Crippen molar-refractivity contribution in [3.05, 3.63) is 95.1 Å². The second-order valence-electron chi connectivity index (χ2n) is 7.69. The summed E-state index contributed by atoms with van der Waals surface area (Å²) in [5.74, 6) is -1.00. The van der Waals surface area contributed by atoms with Gasteiger partial charge in [0.1, 0.15) is 17.5 Å². The lowest BCUT2D eigenvalue weighted by Crippen LogP contribution is -2.36. The van der Waals surface area contributed by atoms with Crippen molar-refractivity contribution < 1.29 is 24.2 Å². The van der Waals surface area contributed by atoms with E-state index in [2.05, 4.69) is 10.6 Å². The van der Waals surface area contributed by atoms with Crippen LogP contribution in [0.1, 0.15) is 28.2 Å². The average molecular weight is 475 g/mol. The summed E-state index contributed by atoms with van der Waals surface area (Å²) in [5.41, 5.74) is 9.24. The predicted octanol–water partition coefficient (Wildman–Crippen LogP) is 2.65. The van der Waals surface area contributed by atoms with Crippen LogP contribution in [-0.4, -0.2) is 35.8 Å². The Bertz CT molecular complexity index is 1200. The summed E-state index contributed by atoms with van der Waals surface area (Å²) in [7, 11) is 0. The minimum Gasteiger partial charge on any atom is -0.493 e. The molecular formula is C26H26N4O5. The van der Waals surface area contributed by atoms with Crippen molar-refractivity contribution in [2.24, 2.45) is 5.73 Å². The molecule has 35 heavy (non-hydrogen) atoms. The lowest BCUT2D eigenvalue weighted by atomic mass is 9.96. The molecule has 3 aromatic carbocycles. The minimum atomic E-state index is -1.01. The largest absolute Gasteiger partial charge is 0.493 e. The standard InChI is InChI=1S/C25H24N4O3.CH2O2/c26-23(27)18-7-9-20(10-8-18)29-25(31)22(17-4-2-1-3-5-17)24(30)28-15-16-6-11-21-19(14-16)12-13-32-21;2-1-3/h1-11,14,22H,12-13,15H2,(H3,26,27)(H,28,30)(H,29,31);1H,(H,2,3). The first-order valence-corrected chi connectivity index (χ1v) is 10.8. The number of carbonyl (C=O) groups excluding carboxylic acids is 2. The van der Waals surface area contributed by atoms with Gasteiger partial charge in [0, 0.05) is 24.2 Å². The highest BCUT2D eigenvalue weighted by Crippen LogP contribution is 2.26. The van der Waals surface area contributed by atoms with Gasteiger partial charge in [-0.1, -0.05) is 42.5 Å². The number of anilines is 1. The number of fused-ring (bicyclic) bond motifs is 1. The first kappa shape index (κ1) is 25.0. The van der Waals surface area contributed by atoms with E-state index in [1.165, 1.54) is 0 Å². The second-order valence-corrected chi connectivity index (χ2v) is 7.69. The molecule has 0 fully saturated rings. The first-order valence-electron chi connectivity index (χ1n) is 10.8. The van der Waals surface area contributed by atoms with Gasteiger partial charge in [0.2, 0.25) is 11.8 Å². The fraction of sp³-hybridized carbons (Fsp3) is 0.154. The number of amides is 2. The van der Waals surface area contributed by atoms with Crippen LogP contribution < -0.4 is 21.1 Å². The van der Waals surface area contributed by atoms with E-state index in [0.717, 1.165) is 23.3 Å². The van der Waals surface area contributed by atoms with Crippen LogP contribution in [0.15, 0.2) is 72.8 Å². The van der Waals surface area contributed by atoms with Crippen molar-refractivity contribution in [3.63, 3.8) is 0 Å². The summed E-state index contributed by atoms with van der Waals surface area (Å²) in [5, 5.41) is 20.0. The van der Waals surface area contributed by atoms with Crippen LogP contribution in [0.3, 0.4) is 0 Å². The van der Waals surface area contributed by atoms with Crippen molar-refractivity contribution in [2.75, 3.05) is 11.9 Å². The Hall–Kier alpha value is -4.66. The van der Waals surface area contributed by atoms with E-state index in [1.807, 2.05) is 24.3 Å². The van der Waals surface area contributed by atoms with Gasteiger partial charge in [-0.3, -0.25) is 19.8 Å². The number of nitrogens with two attached hydrogens (primary N) is 1. The predicted molar refractivity (Wildman–Crippen MR) is 131 cm³/mol. The molecule has 9 nitrogen and oxygen atoms in total. The highest BCUT2D eigenvalue weighted by atomic mass is 16.5. The molecule has 1 heterocycles. The molecule has 6 N–H and O–H groups in total. The van der Waals surface area contributed by atoms with E-state index in [0.29, 0.717) is 30.0 Å². The van der Waals surface area contributed by atoms with Crippen molar-refractivity contribution >= 4 is 29.8 Å². The molecule has 0 saturated carbocycles. The number of amidine groups is 1. The zero-order chi connectivity index (χ0) is 25.2. The van der Waals surface area contributed by atoms with Gasteiger partial charge in [0.15, 0.2) is 0 Å². The fourth-order valence-corrected chi connectivity index (χ4v) is 3.66. The zero-order valence-electron chi connectivity index (χ0n) is 18.9. The van der Waals surface area contributed by atoms with Gasteiger partial charge < -0.3 is 26.2 Å². The summed E-state index contributed by atoms with van der Waals surface area (Å²) in [6.07, 6.45) is 0.856. The summed E-state index contributed by atoms with van der Waals surface area (Å²) < 4.78 is 5.52. The molecule has 180 valence electrons. The van der Waals surface area contributed by atoms with E-state index < -0.39 is 11.8 Å². The monoisotopic (exact) mass is 474 g/mol. The summed E-state index contributed by atoms with van der Waals surface area (Å²) >= 11 is 0. The summed E-state index contributed by atoms with van der Waals surface area (Å²) in [6.45, 7) is 0.741. The van der Waals surface area contributed by atoms with Crippen LogP contribution in [0.5, 0.6) is 5.75 Å². The molecule has 0 aliphatic carbocycles. The highest BCUT2D eigenvalue weighted by Gasteiger charge is 2.28. The minimum absolute atomic E-state index is 0.0532. The molecular weight excluding hydrogens is 448 g/mol. The smallest absolute Gasteiger partial charge is 0.290 e. The topological polar surface area (TPSA) is 155 Å². The van der Waals surface area contributed by atoms with Gasteiger partial charge in [-0.2, -0.15) is 0 Å². The molecule has 0 saturated heterocycles. The third kappa shape index (κ3) is 6.67. The van der Waals surface area contributed by atoms with Crippen LogP contribution in [0.25, 0.3) is 0 Å². The number of benzene rings is 3. The van der Waals surface area contributed by atoms with Crippen molar-refractivity contribution in [3.8, 4) is 5.75 Å². The molecule has 1 aliphatic heterocycles. The molecule has 3 aromatic rings. The molecule has 2 amide bonds. The second kappa shape index (κ2) is 12.0. The average Bonchev–Trinajstić information content (AvgIpc) is 3.32. The Morgan fingerprint density at radius 3 is 2.40 bits per heavy atom. The Labute approximate surface area is 202 Å². The van der Waals surface area contributed by atoms with Crippen LogP contribution in [0, 0.1) is 5.41 Å². The lowest BCUT2D eigenvalue weighted by molar-refractivity contribution is -0.129. The third-order valence-electron chi connectivity index (χ3n) is 5.34. The van der Waals surface area contributed by atoms with Crippen LogP contribution in [0.2, 0.25) is 0 Å². The number of hydrogen-bond acceptors (Lipinski definition) is 5. The Morgan fingerprint density at radius 1 is 1.06 bits per heavy atom. The van der Waals surface area contributed by atoms with E-state index >= 15 is 0 Å². The first-order chi connectivity index (χ1) is 16.9. The van der Waals surface area contributed by atoms with Gasteiger partial charge in [-0.25, -0.2) is 0 Å². The van der Waals surface area contributed by atoms with E-state index in [-0.39, 0.29) is 18.2 Å². The zero-order valence-corrected chi connectivity index (χ0v) is 18.9. The van der Waals surface area contributed by atoms with Crippen molar-refractivity contribution in [1.29, 1.82) is 5.41 Å². The van der Waals surface area contributed by atoms with E-state index in [4.69, 9.17) is 25.8 Å². The third-order valence-corrected chi connectivity index (χ3v) is 5.34. The van der Waals surface area contributed by atoms with Crippen LogP contribution >= 0.6 is 0 Å². The molecule has 1 atom stereocenters. The van der Waals surface area contributed by atoms with Gasteiger partial charge in [0.05, 0.1) is 6.61 Å². The maximum absolute atomic E-state index is 13.1. The lowest BCUT2D eigenvalue weighted by Gasteiger charge is -2.17. The maximum atomic E-state index is 13.1. The normalized spacial score (nSPS) is 12.1. The molecule has 1 unspecified atom stereocenters.